The maximum absolute atomic E-state index is 13.5. The summed E-state index contributed by atoms with van der Waals surface area (Å²) in [6.07, 6.45) is -6.00. The van der Waals surface area contributed by atoms with Gasteiger partial charge in [-0.2, -0.15) is 22.0 Å². The quantitative estimate of drug-likeness (QED) is 0.684. The van der Waals surface area contributed by atoms with Gasteiger partial charge in [0.05, 0.1) is 5.56 Å². The van der Waals surface area contributed by atoms with E-state index in [1.54, 1.807) is 0 Å². The van der Waals surface area contributed by atoms with E-state index < -0.39 is 36.8 Å². The molecule has 1 atom stereocenters. The molecule has 0 saturated carbocycles. The number of hydrogen-bond acceptors (Lipinski definition) is 2. The summed E-state index contributed by atoms with van der Waals surface area (Å²) in [5, 5.41) is 0. The summed E-state index contributed by atoms with van der Waals surface area (Å²) in [5.41, 5.74) is -1.98. The summed E-state index contributed by atoms with van der Waals surface area (Å²) >= 11 is 0. The summed E-state index contributed by atoms with van der Waals surface area (Å²) < 4.78 is 90.7. The van der Waals surface area contributed by atoms with Gasteiger partial charge in [-0.25, -0.2) is 8.96 Å². The Morgan fingerprint density at radius 2 is 1.74 bits per heavy atom. The van der Waals surface area contributed by atoms with Crippen LogP contribution in [-0.2, 0) is 10.5 Å². The number of rotatable bonds is 3. The van der Waals surface area contributed by atoms with Crippen molar-refractivity contribution in [3.05, 3.63) is 29.6 Å². The van der Waals surface area contributed by atoms with E-state index in [2.05, 4.69) is 4.52 Å². The number of alkyl halides is 5. The maximum Gasteiger partial charge on any atom is 0.458 e. The lowest BCUT2D eigenvalue weighted by atomic mass is 10.1. The maximum atomic E-state index is 13.5. The second kappa shape index (κ2) is 4.72. The largest absolute Gasteiger partial charge is 0.458 e. The summed E-state index contributed by atoms with van der Waals surface area (Å²) in [7, 11) is -4.29. The molecule has 0 aliphatic carbocycles. The van der Waals surface area contributed by atoms with Crippen LogP contribution in [0.2, 0.25) is 0 Å². The fourth-order valence-electron chi connectivity index (χ4n) is 1.16. The van der Waals surface area contributed by atoms with Crippen LogP contribution in [-0.4, -0.2) is 17.7 Å². The Morgan fingerprint density at radius 1 is 1.21 bits per heavy atom. The molecule has 0 radical (unpaired) electrons. The predicted molar refractivity (Wildman–Crippen MR) is 52.7 cm³/mol. The molecule has 1 rings (SSSR count). The smallest absolute Gasteiger partial charge is 0.421 e. The normalized spacial score (nSPS) is 16.0. The van der Waals surface area contributed by atoms with Gasteiger partial charge >= 0.3 is 19.7 Å². The molecule has 0 fully saturated rings. The Hall–Kier alpha value is -1.21. The average molecular weight is 308 g/mol. The standard InChI is InChI=1S/C9H7F6O3P/c1-19(16,17)18-6-4-2-3-5(7(6)10)8(11,12)9(13,14)15/h2-4H,1H3,(H,16,17). The van der Waals surface area contributed by atoms with Crippen LogP contribution in [0.1, 0.15) is 5.56 Å². The van der Waals surface area contributed by atoms with Crippen LogP contribution in [0.4, 0.5) is 26.3 Å². The Labute approximate surface area is 103 Å². The SMILES string of the molecule is CP(=O)(O)Oc1cccc(C(F)(F)C(F)(F)F)c1F. The van der Waals surface area contributed by atoms with E-state index in [0.717, 1.165) is 0 Å². The molecular formula is C9H7F6O3P. The monoisotopic (exact) mass is 308 g/mol. The second-order valence-electron chi connectivity index (χ2n) is 3.58. The van der Waals surface area contributed by atoms with Gasteiger partial charge in [-0.15, -0.1) is 0 Å². The average Bonchev–Trinajstić information content (AvgIpc) is 2.17. The van der Waals surface area contributed by atoms with Gasteiger partial charge in [0, 0.05) is 6.66 Å². The number of benzene rings is 1. The molecule has 1 N–H and O–H groups in total. The molecule has 0 heterocycles. The van der Waals surface area contributed by atoms with Crippen molar-refractivity contribution in [2.45, 2.75) is 12.1 Å². The fourth-order valence-corrected chi connectivity index (χ4v) is 1.66. The van der Waals surface area contributed by atoms with Gasteiger partial charge in [0.15, 0.2) is 11.6 Å². The summed E-state index contributed by atoms with van der Waals surface area (Å²) in [6.45, 7) is 0.626. The van der Waals surface area contributed by atoms with Crippen molar-refractivity contribution in [1.82, 2.24) is 0 Å². The molecule has 1 aromatic rings. The van der Waals surface area contributed by atoms with Crippen LogP contribution < -0.4 is 4.52 Å². The van der Waals surface area contributed by atoms with Crippen LogP contribution in [0, 0.1) is 5.82 Å². The van der Waals surface area contributed by atoms with Crippen molar-refractivity contribution in [3.63, 3.8) is 0 Å². The summed E-state index contributed by atoms with van der Waals surface area (Å²) in [4.78, 5) is 8.81. The van der Waals surface area contributed by atoms with E-state index in [4.69, 9.17) is 4.89 Å². The topological polar surface area (TPSA) is 46.5 Å². The fraction of sp³-hybridized carbons (Fsp3) is 0.333. The molecular weight excluding hydrogens is 301 g/mol. The van der Waals surface area contributed by atoms with Crippen LogP contribution >= 0.6 is 7.60 Å². The molecule has 19 heavy (non-hydrogen) atoms. The third-order valence-corrected chi connectivity index (χ3v) is 2.46. The lowest BCUT2D eigenvalue weighted by Gasteiger charge is -2.21. The van der Waals surface area contributed by atoms with Crippen LogP contribution in [0.3, 0.4) is 0 Å². The van der Waals surface area contributed by atoms with Gasteiger partial charge in [-0.05, 0) is 12.1 Å². The van der Waals surface area contributed by atoms with E-state index in [9.17, 15) is 30.9 Å². The van der Waals surface area contributed by atoms with E-state index in [0.29, 0.717) is 18.8 Å². The molecule has 0 aliphatic heterocycles. The number of hydrogen-bond donors (Lipinski definition) is 1. The minimum absolute atomic E-state index is 0.216. The van der Waals surface area contributed by atoms with Gasteiger partial charge in [-0.3, -0.25) is 0 Å². The first-order chi connectivity index (χ1) is 8.36. The molecule has 108 valence electrons. The highest BCUT2D eigenvalue weighted by molar-refractivity contribution is 7.52. The summed E-state index contributed by atoms with van der Waals surface area (Å²) in [5.74, 6) is -8.64. The Balaban J connectivity index is 3.33. The number of halogens is 6. The van der Waals surface area contributed by atoms with Crippen LogP contribution in [0.25, 0.3) is 0 Å². The van der Waals surface area contributed by atoms with E-state index in [-0.39, 0.29) is 6.07 Å². The molecule has 0 spiro atoms. The highest BCUT2D eigenvalue weighted by Gasteiger charge is 2.60. The lowest BCUT2D eigenvalue weighted by Crippen LogP contribution is -2.34. The molecule has 0 bridgehead atoms. The van der Waals surface area contributed by atoms with E-state index in [1.165, 1.54) is 0 Å². The summed E-state index contributed by atoms with van der Waals surface area (Å²) in [6, 6.07) is 1.54. The van der Waals surface area contributed by atoms with Crippen molar-refractivity contribution in [2.24, 2.45) is 0 Å². The minimum atomic E-state index is -6.00. The molecule has 0 aromatic heterocycles. The predicted octanol–water partition coefficient (Wildman–Crippen LogP) is 3.67. The molecule has 10 heteroatoms. The second-order valence-corrected chi connectivity index (χ2v) is 5.37. The van der Waals surface area contributed by atoms with Gasteiger partial charge in [0.25, 0.3) is 0 Å². The Kier molecular flexibility index (Phi) is 3.93. The lowest BCUT2D eigenvalue weighted by molar-refractivity contribution is -0.290. The van der Waals surface area contributed by atoms with E-state index in [1.807, 2.05) is 0 Å². The Morgan fingerprint density at radius 3 is 2.16 bits per heavy atom. The zero-order chi connectivity index (χ0) is 15.1. The minimum Gasteiger partial charge on any atom is -0.421 e. The first kappa shape index (κ1) is 15.8. The highest BCUT2D eigenvalue weighted by atomic mass is 31.2. The van der Waals surface area contributed by atoms with Crippen LogP contribution in [0.15, 0.2) is 18.2 Å². The van der Waals surface area contributed by atoms with Crippen molar-refractivity contribution in [3.8, 4) is 5.75 Å². The van der Waals surface area contributed by atoms with Gasteiger partial charge in [0.1, 0.15) is 0 Å². The van der Waals surface area contributed by atoms with Crippen molar-refractivity contribution >= 4 is 7.60 Å². The Bertz CT molecular complexity index is 521. The van der Waals surface area contributed by atoms with Crippen molar-refractivity contribution in [1.29, 1.82) is 0 Å². The van der Waals surface area contributed by atoms with Crippen molar-refractivity contribution < 1.29 is 40.3 Å². The highest BCUT2D eigenvalue weighted by Crippen LogP contribution is 2.47. The third-order valence-electron chi connectivity index (χ3n) is 1.93. The van der Waals surface area contributed by atoms with Gasteiger partial charge < -0.3 is 9.42 Å². The molecule has 1 aromatic carbocycles. The van der Waals surface area contributed by atoms with Crippen LogP contribution in [0.5, 0.6) is 5.75 Å². The first-order valence-corrected chi connectivity index (χ1v) is 6.62. The van der Waals surface area contributed by atoms with Gasteiger partial charge in [0.2, 0.25) is 0 Å². The van der Waals surface area contributed by atoms with Crippen molar-refractivity contribution in [2.75, 3.05) is 6.66 Å². The van der Waals surface area contributed by atoms with E-state index >= 15 is 0 Å². The zero-order valence-corrected chi connectivity index (χ0v) is 10.1. The first-order valence-electron chi connectivity index (χ1n) is 4.59. The molecule has 0 saturated heterocycles. The zero-order valence-electron chi connectivity index (χ0n) is 9.21. The molecule has 1 unspecified atom stereocenters. The molecule has 0 aliphatic rings. The third kappa shape index (κ3) is 3.42. The van der Waals surface area contributed by atoms with Gasteiger partial charge in [-0.1, -0.05) is 6.07 Å². The molecule has 0 amide bonds. The molecule has 3 nitrogen and oxygen atoms in total.